The molecule has 0 radical (unpaired) electrons. The van der Waals surface area contributed by atoms with E-state index in [-0.39, 0.29) is 29.1 Å². The molecule has 170 valence electrons. The minimum absolute atomic E-state index is 0.00928. The second-order valence-corrected chi connectivity index (χ2v) is 8.65. The molecule has 12 heteroatoms. The van der Waals surface area contributed by atoms with Gasteiger partial charge in [-0.1, -0.05) is 18.2 Å². The minimum atomic E-state index is -3.79. The first-order valence-corrected chi connectivity index (χ1v) is 11.0. The van der Waals surface area contributed by atoms with E-state index in [9.17, 15) is 27.2 Å². The molecule has 1 aliphatic heterocycles. The van der Waals surface area contributed by atoms with E-state index in [1.807, 2.05) is 0 Å². The number of ether oxygens (including phenoxy) is 1. The van der Waals surface area contributed by atoms with Gasteiger partial charge in [0.15, 0.2) is 0 Å². The van der Waals surface area contributed by atoms with Gasteiger partial charge in [0.05, 0.1) is 30.2 Å². The highest BCUT2D eigenvalue weighted by molar-refractivity contribution is 7.89. The molecule has 3 N–H and O–H groups in total. The zero-order chi connectivity index (χ0) is 23.1. The molecule has 0 saturated carbocycles. The SMILES string of the molecule is O=C(CNC(=O)c1ccccc1F)NNC(=O)c1cccc(S(=O)(=O)N2CCOCC2)c1. The lowest BCUT2D eigenvalue weighted by Crippen LogP contribution is -2.46. The average Bonchev–Trinajstić information content (AvgIpc) is 2.82. The number of halogens is 1. The lowest BCUT2D eigenvalue weighted by molar-refractivity contribution is -0.120. The molecule has 3 amide bonds. The average molecular weight is 464 g/mol. The van der Waals surface area contributed by atoms with E-state index in [0.717, 1.165) is 6.07 Å². The highest BCUT2D eigenvalue weighted by Gasteiger charge is 2.27. The van der Waals surface area contributed by atoms with Crippen molar-refractivity contribution in [3.05, 3.63) is 65.5 Å². The van der Waals surface area contributed by atoms with Crippen LogP contribution in [0.15, 0.2) is 53.4 Å². The molecule has 0 aliphatic carbocycles. The molecule has 3 rings (SSSR count). The fourth-order valence-corrected chi connectivity index (χ4v) is 4.33. The van der Waals surface area contributed by atoms with Crippen molar-refractivity contribution >= 4 is 27.7 Å². The van der Waals surface area contributed by atoms with Crippen molar-refractivity contribution < 1.29 is 31.9 Å². The highest BCUT2D eigenvalue weighted by atomic mass is 32.2. The van der Waals surface area contributed by atoms with Gasteiger partial charge in [0, 0.05) is 18.7 Å². The van der Waals surface area contributed by atoms with Crippen molar-refractivity contribution in [3.63, 3.8) is 0 Å². The highest BCUT2D eigenvalue weighted by Crippen LogP contribution is 2.18. The fraction of sp³-hybridized carbons (Fsp3) is 0.250. The first-order valence-electron chi connectivity index (χ1n) is 9.59. The van der Waals surface area contributed by atoms with E-state index in [2.05, 4.69) is 16.2 Å². The summed E-state index contributed by atoms with van der Waals surface area (Å²) in [5.41, 5.74) is 4.03. The Balaban J connectivity index is 1.54. The maximum Gasteiger partial charge on any atom is 0.269 e. The Labute approximate surface area is 183 Å². The Kier molecular flexibility index (Phi) is 7.51. The van der Waals surface area contributed by atoms with Gasteiger partial charge in [0.1, 0.15) is 5.82 Å². The molecule has 0 unspecified atom stereocenters. The van der Waals surface area contributed by atoms with E-state index in [0.29, 0.717) is 13.2 Å². The molecule has 2 aromatic rings. The van der Waals surface area contributed by atoms with E-state index in [1.54, 1.807) is 0 Å². The number of nitrogens with one attached hydrogen (secondary N) is 3. The van der Waals surface area contributed by atoms with E-state index in [1.165, 1.54) is 46.8 Å². The molecular weight excluding hydrogens is 443 g/mol. The Hall–Kier alpha value is -3.35. The van der Waals surface area contributed by atoms with Gasteiger partial charge in [0.2, 0.25) is 10.0 Å². The van der Waals surface area contributed by atoms with Gasteiger partial charge in [-0.15, -0.1) is 0 Å². The summed E-state index contributed by atoms with van der Waals surface area (Å²) in [7, 11) is -3.79. The summed E-state index contributed by atoms with van der Waals surface area (Å²) in [5, 5.41) is 2.23. The van der Waals surface area contributed by atoms with Crippen molar-refractivity contribution in [1.29, 1.82) is 0 Å². The van der Waals surface area contributed by atoms with Crippen LogP contribution in [0.1, 0.15) is 20.7 Å². The minimum Gasteiger partial charge on any atom is -0.379 e. The van der Waals surface area contributed by atoms with Crippen LogP contribution in [0.2, 0.25) is 0 Å². The van der Waals surface area contributed by atoms with Gasteiger partial charge in [-0.3, -0.25) is 25.2 Å². The standard InChI is InChI=1S/C20H21FN4O6S/c21-17-7-2-1-6-16(17)20(28)22-13-18(26)23-24-19(27)14-4-3-5-15(12-14)32(29,30)25-8-10-31-11-9-25/h1-7,12H,8-11,13H2,(H,22,28)(H,23,26)(H,24,27). The van der Waals surface area contributed by atoms with Gasteiger partial charge in [-0.25, -0.2) is 12.8 Å². The molecule has 1 heterocycles. The Morgan fingerprint density at radius 3 is 2.41 bits per heavy atom. The number of carbonyl (C=O) groups is 3. The van der Waals surface area contributed by atoms with Crippen LogP contribution >= 0.6 is 0 Å². The molecule has 0 atom stereocenters. The molecule has 0 aromatic heterocycles. The smallest absolute Gasteiger partial charge is 0.269 e. The second-order valence-electron chi connectivity index (χ2n) is 6.71. The molecule has 0 bridgehead atoms. The third-order valence-corrected chi connectivity index (χ3v) is 6.44. The van der Waals surface area contributed by atoms with Crippen LogP contribution in [0.25, 0.3) is 0 Å². The second kappa shape index (κ2) is 10.3. The van der Waals surface area contributed by atoms with Gasteiger partial charge in [-0.2, -0.15) is 4.31 Å². The molecular formula is C20H21FN4O6S. The Morgan fingerprint density at radius 1 is 0.969 bits per heavy atom. The number of sulfonamides is 1. The first kappa shape index (κ1) is 23.3. The number of nitrogens with zero attached hydrogens (tertiary/aromatic N) is 1. The Bertz CT molecular complexity index is 1120. The largest absolute Gasteiger partial charge is 0.379 e. The summed E-state index contributed by atoms with van der Waals surface area (Å²) in [6.45, 7) is 0.498. The van der Waals surface area contributed by atoms with Crippen molar-refractivity contribution in [1.82, 2.24) is 20.5 Å². The maximum absolute atomic E-state index is 13.6. The summed E-state index contributed by atoms with van der Waals surface area (Å²) in [6.07, 6.45) is 0. The van der Waals surface area contributed by atoms with E-state index in [4.69, 9.17) is 4.74 Å². The van der Waals surface area contributed by atoms with Gasteiger partial charge in [-0.05, 0) is 30.3 Å². The van der Waals surface area contributed by atoms with Crippen LogP contribution in [-0.4, -0.2) is 63.3 Å². The number of morpholine rings is 1. The summed E-state index contributed by atoms with van der Waals surface area (Å²) in [5.74, 6) is -3.03. The number of benzene rings is 2. The van der Waals surface area contributed by atoms with Crippen molar-refractivity contribution in [3.8, 4) is 0 Å². The topological polar surface area (TPSA) is 134 Å². The third kappa shape index (κ3) is 5.66. The number of hydrogen-bond acceptors (Lipinski definition) is 6. The van der Waals surface area contributed by atoms with Crippen LogP contribution in [0.5, 0.6) is 0 Å². The van der Waals surface area contributed by atoms with Crippen molar-refractivity contribution in [2.24, 2.45) is 0 Å². The Morgan fingerprint density at radius 2 is 1.69 bits per heavy atom. The first-order chi connectivity index (χ1) is 15.3. The van der Waals surface area contributed by atoms with Crippen LogP contribution < -0.4 is 16.2 Å². The number of rotatable bonds is 6. The predicted molar refractivity (Wildman–Crippen MR) is 110 cm³/mol. The number of hydrogen-bond donors (Lipinski definition) is 3. The number of hydrazine groups is 1. The van der Waals surface area contributed by atoms with Gasteiger partial charge >= 0.3 is 0 Å². The quantitative estimate of drug-likeness (QED) is 0.517. The number of carbonyl (C=O) groups excluding carboxylic acids is 3. The molecule has 32 heavy (non-hydrogen) atoms. The molecule has 0 spiro atoms. The van der Waals surface area contributed by atoms with E-state index < -0.39 is 40.1 Å². The van der Waals surface area contributed by atoms with Crippen molar-refractivity contribution in [2.45, 2.75) is 4.90 Å². The zero-order valence-corrected chi connectivity index (χ0v) is 17.7. The molecule has 1 fully saturated rings. The monoisotopic (exact) mass is 464 g/mol. The molecule has 10 nitrogen and oxygen atoms in total. The zero-order valence-electron chi connectivity index (χ0n) is 16.8. The summed E-state index contributed by atoms with van der Waals surface area (Å²) < 4.78 is 45.4. The summed E-state index contributed by atoms with van der Waals surface area (Å²) in [4.78, 5) is 36.0. The molecule has 1 aliphatic rings. The normalized spacial score (nSPS) is 14.4. The van der Waals surface area contributed by atoms with Crippen LogP contribution in [0.3, 0.4) is 0 Å². The lowest BCUT2D eigenvalue weighted by Gasteiger charge is -2.26. The van der Waals surface area contributed by atoms with E-state index >= 15 is 0 Å². The van der Waals surface area contributed by atoms with Crippen LogP contribution in [0.4, 0.5) is 4.39 Å². The lowest BCUT2D eigenvalue weighted by atomic mass is 10.2. The molecule has 2 aromatic carbocycles. The van der Waals surface area contributed by atoms with Crippen LogP contribution in [-0.2, 0) is 19.6 Å². The summed E-state index contributed by atoms with van der Waals surface area (Å²) >= 11 is 0. The predicted octanol–water partition coefficient (Wildman–Crippen LogP) is 0.0376. The van der Waals surface area contributed by atoms with Crippen molar-refractivity contribution in [2.75, 3.05) is 32.8 Å². The maximum atomic E-state index is 13.6. The van der Waals surface area contributed by atoms with Gasteiger partial charge < -0.3 is 10.1 Å². The van der Waals surface area contributed by atoms with Gasteiger partial charge in [0.25, 0.3) is 17.7 Å². The van der Waals surface area contributed by atoms with Crippen LogP contribution in [0, 0.1) is 5.82 Å². The molecule has 1 saturated heterocycles. The third-order valence-electron chi connectivity index (χ3n) is 4.55. The fourth-order valence-electron chi connectivity index (χ4n) is 2.88. The number of amides is 3. The summed E-state index contributed by atoms with van der Waals surface area (Å²) in [6, 6.07) is 10.7.